The summed E-state index contributed by atoms with van der Waals surface area (Å²) in [7, 11) is 1.39. The van der Waals surface area contributed by atoms with Crippen LogP contribution in [0.5, 0.6) is 11.5 Å². The second kappa shape index (κ2) is 9.18. The number of hydrazone groups is 1. The van der Waals surface area contributed by atoms with Crippen molar-refractivity contribution in [3.05, 3.63) is 57.6 Å². The second-order valence-corrected chi connectivity index (χ2v) is 5.40. The summed E-state index contributed by atoms with van der Waals surface area (Å²) in [4.78, 5) is 22.6. The summed E-state index contributed by atoms with van der Waals surface area (Å²) in [6.07, 6.45) is 1.28. The van der Waals surface area contributed by atoms with Crippen molar-refractivity contribution >= 4 is 23.6 Å². The lowest BCUT2D eigenvalue weighted by atomic mass is 10.2. The predicted octanol–water partition coefficient (Wildman–Crippen LogP) is 3.47. The van der Waals surface area contributed by atoms with E-state index < -0.39 is 11.0 Å². The van der Waals surface area contributed by atoms with E-state index in [0.29, 0.717) is 11.3 Å². The Bertz CT molecular complexity index is 867. The minimum absolute atomic E-state index is 0.0485. The first kappa shape index (κ1) is 19.7. The van der Waals surface area contributed by atoms with Crippen LogP contribution in [0.3, 0.4) is 0 Å². The first-order valence-corrected chi connectivity index (χ1v) is 8.11. The molecule has 0 fully saturated rings. The molecule has 27 heavy (non-hydrogen) atoms. The van der Waals surface area contributed by atoms with E-state index in [1.165, 1.54) is 25.5 Å². The molecule has 2 amide bonds. The number of urea groups is 1. The molecule has 9 nitrogen and oxygen atoms in total. The van der Waals surface area contributed by atoms with Crippen LogP contribution >= 0.6 is 0 Å². The van der Waals surface area contributed by atoms with E-state index in [4.69, 9.17) is 9.47 Å². The largest absolute Gasteiger partial charge is 0.493 e. The number of nitro groups is 1. The van der Waals surface area contributed by atoms with Crippen LogP contribution in [-0.2, 0) is 0 Å². The van der Waals surface area contributed by atoms with Crippen LogP contribution in [0.25, 0.3) is 0 Å². The number of hydrogen-bond donors (Lipinski definition) is 2. The van der Waals surface area contributed by atoms with Gasteiger partial charge >= 0.3 is 11.7 Å². The molecule has 0 heterocycles. The Kier molecular flexibility index (Phi) is 6.70. The van der Waals surface area contributed by atoms with Crippen LogP contribution in [0.1, 0.15) is 18.1 Å². The van der Waals surface area contributed by atoms with E-state index in [2.05, 4.69) is 15.8 Å². The van der Waals surface area contributed by atoms with E-state index in [1.807, 2.05) is 19.1 Å². The Morgan fingerprint density at radius 1 is 1.33 bits per heavy atom. The van der Waals surface area contributed by atoms with Gasteiger partial charge in [0, 0.05) is 17.3 Å². The zero-order valence-corrected chi connectivity index (χ0v) is 15.2. The van der Waals surface area contributed by atoms with Crippen molar-refractivity contribution in [2.24, 2.45) is 5.10 Å². The van der Waals surface area contributed by atoms with Gasteiger partial charge in [-0.1, -0.05) is 18.2 Å². The van der Waals surface area contributed by atoms with E-state index in [-0.39, 0.29) is 23.8 Å². The van der Waals surface area contributed by atoms with Gasteiger partial charge in [0.25, 0.3) is 0 Å². The minimum atomic E-state index is -0.566. The molecule has 9 heteroatoms. The van der Waals surface area contributed by atoms with Gasteiger partial charge in [-0.05, 0) is 31.5 Å². The molecule has 0 radical (unpaired) electrons. The molecular weight excluding hydrogens is 352 g/mol. The van der Waals surface area contributed by atoms with Crippen molar-refractivity contribution in [1.29, 1.82) is 0 Å². The van der Waals surface area contributed by atoms with Gasteiger partial charge in [-0.2, -0.15) is 5.10 Å². The molecule has 0 saturated carbocycles. The molecule has 2 aromatic rings. The summed E-state index contributed by atoms with van der Waals surface area (Å²) in [5, 5.41) is 17.8. The number of nitro benzene ring substituents is 1. The number of nitrogens with zero attached hydrogens (tertiary/aromatic N) is 2. The maximum Gasteiger partial charge on any atom is 0.339 e. The molecule has 2 N–H and O–H groups in total. The van der Waals surface area contributed by atoms with Gasteiger partial charge in [0.1, 0.15) is 0 Å². The number of carbonyl (C=O) groups excluding carboxylic acids is 1. The maximum absolute atomic E-state index is 11.9. The molecule has 0 aliphatic rings. The number of methoxy groups -OCH3 is 1. The average molecular weight is 372 g/mol. The summed E-state index contributed by atoms with van der Waals surface area (Å²) < 4.78 is 10.5. The third-order valence-corrected chi connectivity index (χ3v) is 3.54. The van der Waals surface area contributed by atoms with Crippen LogP contribution < -0.4 is 20.2 Å². The Morgan fingerprint density at radius 3 is 2.70 bits per heavy atom. The third-order valence-electron chi connectivity index (χ3n) is 3.54. The summed E-state index contributed by atoms with van der Waals surface area (Å²) in [5.74, 6) is 0.254. The molecule has 0 unspecified atom stereocenters. The average Bonchev–Trinajstić information content (AvgIpc) is 2.64. The van der Waals surface area contributed by atoms with E-state index in [9.17, 15) is 14.9 Å². The molecule has 0 spiro atoms. The van der Waals surface area contributed by atoms with Gasteiger partial charge in [-0.3, -0.25) is 10.1 Å². The van der Waals surface area contributed by atoms with Gasteiger partial charge in [-0.25, -0.2) is 10.2 Å². The highest BCUT2D eigenvalue weighted by Crippen LogP contribution is 2.37. The van der Waals surface area contributed by atoms with Crippen LogP contribution in [0, 0.1) is 17.0 Å². The number of anilines is 1. The predicted molar refractivity (Wildman–Crippen MR) is 102 cm³/mol. The highest BCUT2D eigenvalue weighted by atomic mass is 16.6. The van der Waals surface area contributed by atoms with Crippen LogP contribution in [-0.4, -0.2) is 30.9 Å². The normalized spacial score (nSPS) is 10.5. The zero-order chi connectivity index (χ0) is 19.8. The lowest BCUT2D eigenvalue weighted by Crippen LogP contribution is -2.24. The van der Waals surface area contributed by atoms with Gasteiger partial charge < -0.3 is 14.8 Å². The lowest BCUT2D eigenvalue weighted by molar-refractivity contribution is -0.385. The minimum Gasteiger partial charge on any atom is -0.493 e. The van der Waals surface area contributed by atoms with Gasteiger partial charge in [0.2, 0.25) is 5.75 Å². The fourth-order valence-electron chi connectivity index (χ4n) is 2.29. The van der Waals surface area contributed by atoms with Crippen LogP contribution in [0.2, 0.25) is 0 Å². The Morgan fingerprint density at radius 2 is 2.07 bits per heavy atom. The van der Waals surface area contributed by atoms with Gasteiger partial charge in [0.05, 0.1) is 24.9 Å². The summed E-state index contributed by atoms with van der Waals surface area (Å²) in [5.41, 5.74) is 4.00. The first-order valence-electron chi connectivity index (χ1n) is 8.11. The number of para-hydroxylation sites is 1. The van der Waals surface area contributed by atoms with E-state index in [0.717, 1.165) is 5.56 Å². The van der Waals surface area contributed by atoms with E-state index in [1.54, 1.807) is 19.1 Å². The van der Waals surface area contributed by atoms with Crippen molar-refractivity contribution in [3.63, 3.8) is 0 Å². The Balaban J connectivity index is 2.14. The molecule has 0 aliphatic carbocycles. The van der Waals surface area contributed by atoms with Gasteiger partial charge in [-0.15, -0.1) is 0 Å². The van der Waals surface area contributed by atoms with Crippen molar-refractivity contribution in [3.8, 4) is 11.5 Å². The number of hydrogen-bond acceptors (Lipinski definition) is 6. The number of carbonyl (C=O) groups is 1. The third kappa shape index (κ3) is 5.18. The van der Waals surface area contributed by atoms with Crippen molar-refractivity contribution in [1.82, 2.24) is 5.43 Å². The summed E-state index contributed by atoms with van der Waals surface area (Å²) in [6, 6.07) is 9.58. The Labute approximate surface area is 156 Å². The molecule has 0 aliphatic heterocycles. The Hall–Kier alpha value is -3.62. The standard InChI is InChI=1S/C18H20N4O5/c1-4-27-17-15(22(24)25)9-13(10-16(17)26-3)11-19-21-18(23)20-14-8-6-5-7-12(14)2/h5-11H,4H2,1-3H3,(H2,20,21,23)/b19-11-. The molecule has 0 atom stereocenters. The van der Waals surface area contributed by atoms with Gasteiger partial charge in [0.15, 0.2) is 5.75 Å². The fourth-order valence-corrected chi connectivity index (χ4v) is 2.29. The molecular formula is C18H20N4O5. The summed E-state index contributed by atoms with van der Waals surface area (Å²) >= 11 is 0. The summed E-state index contributed by atoms with van der Waals surface area (Å²) in [6.45, 7) is 3.84. The molecule has 2 rings (SSSR count). The van der Waals surface area contributed by atoms with Crippen LogP contribution in [0.4, 0.5) is 16.2 Å². The van der Waals surface area contributed by atoms with Crippen molar-refractivity contribution in [2.45, 2.75) is 13.8 Å². The number of nitrogens with one attached hydrogen (secondary N) is 2. The number of amides is 2. The highest BCUT2D eigenvalue weighted by molar-refractivity contribution is 5.91. The smallest absolute Gasteiger partial charge is 0.339 e. The second-order valence-electron chi connectivity index (χ2n) is 5.40. The van der Waals surface area contributed by atoms with Crippen LogP contribution in [0.15, 0.2) is 41.5 Å². The first-order chi connectivity index (χ1) is 13.0. The van der Waals surface area contributed by atoms with Crippen molar-refractivity contribution < 1.29 is 19.2 Å². The number of benzene rings is 2. The number of aryl methyl sites for hydroxylation is 1. The number of rotatable bonds is 7. The highest BCUT2D eigenvalue weighted by Gasteiger charge is 2.21. The molecule has 2 aromatic carbocycles. The quantitative estimate of drug-likeness (QED) is 0.439. The van der Waals surface area contributed by atoms with Crippen molar-refractivity contribution in [2.75, 3.05) is 19.0 Å². The lowest BCUT2D eigenvalue weighted by Gasteiger charge is -2.10. The number of ether oxygens (including phenoxy) is 2. The van der Waals surface area contributed by atoms with E-state index >= 15 is 0 Å². The maximum atomic E-state index is 11.9. The monoisotopic (exact) mass is 372 g/mol. The molecule has 0 aromatic heterocycles. The molecule has 0 saturated heterocycles. The molecule has 0 bridgehead atoms. The fraction of sp³-hybridized carbons (Fsp3) is 0.222. The molecule has 142 valence electrons. The zero-order valence-electron chi connectivity index (χ0n) is 15.2. The SMILES string of the molecule is CCOc1c(OC)cc(/C=N\NC(=O)Nc2ccccc2C)cc1[N+](=O)[O-]. The topological polar surface area (TPSA) is 115 Å².